The molecule has 1 aromatic rings. The van der Waals surface area contributed by atoms with E-state index in [4.69, 9.17) is 4.52 Å². The first-order valence-corrected chi connectivity index (χ1v) is 8.03. The van der Waals surface area contributed by atoms with Gasteiger partial charge in [-0.05, 0) is 46.1 Å². The summed E-state index contributed by atoms with van der Waals surface area (Å²) < 4.78 is 5.13. The van der Waals surface area contributed by atoms with Gasteiger partial charge >= 0.3 is 0 Å². The predicted molar refractivity (Wildman–Crippen MR) is 82.2 cm³/mol. The van der Waals surface area contributed by atoms with E-state index in [1.807, 2.05) is 13.8 Å². The van der Waals surface area contributed by atoms with Crippen molar-refractivity contribution in [2.45, 2.75) is 58.9 Å². The molecule has 2 rings (SSSR count). The predicted octanol–water partition coefficient (Wildman–Crippen LogP) is 2.21. The van der Waals surface area contributed by atoms with Crippen molar-refractivity contribution in [2.75, 3.05) is 19.6 Å². The van der Waals surface area contributed by atoms with Crippen molar-refractivity contribution in [1.82, 2.24) is 15.4 Å². The minimum Gasteiger partial charge on any atom is -0.361 e. The zero-order valence-electron chi connectivity index (χ0n) is 13.4. The first-order valence-electron chi connectivity index (χ1n) is 8.03. The normalized spacial score (nSPS) is 17.1. The number of amides is 1. The van der Waals surface area contributed by atoms with Crippen LogP contribution in [0.4, 0.5) is 0 Å². The second-order valence-corrected chi connectivity index (χ2v) is 5.99. The molecule has 118 valence electrons. The van der Waals surface area contributed by atoms with Gasteiger partial charge in [0.15, 0.2) is 0 Å². The molecule has 1 fully saturated rings. The minimum atomic E-state index is 0.143. The lowest BCUT2D eigenvalue weighted by Crippen LogP contribution is -2.44. The van der Waals surface area contributed by atoms with E-state index in [0.29, 0.717) is 18.9 Å². The molecule has 0 saturated carbocycles. The summed E-state index contributed by atoms with van der Waals surface area (Å²) in [5.74, 6) is 0.970. The Morgan fingerprint density at radius 2 is 2.10 bits per heavy atom. The molecule has 1 N–H and O–H groups in total. The Balaban J connectivity index is 1.71. The molecule has 1 aromatic heterocycles. The summed E-state index contributed by atoms with van der Waals surface area (Å²) in [7, 11) is 0. The zero-order valence-corrected chi connectivity index (χ0v) is 13.4. The van der Waals surface area contributed by atoms with Gasteiger partial charge in [0.05, 0.1) is 5.69 Å². The van der Waals surface area contributed by atoms with Crippen molar-refractivity contribution in [1.29, 1.82) is 0 Å². The first-order chi connectivity index (χ1) is 10.1. The summed E-state index contributed by atoms with van der Waals surface area (Å²) in [4.78, 5) is 14.5. The Kier molecular flexibility index (Phi) is 5.79. The average Bonchev–Trinajstić information content (AvgIpc) is 2.78. The quantitative estimate of drug-likeness (QED) is 0.873. The highest BCUT2D eigenvalue weighted by Crippen LogP contribution is 2.15. The standard InChI is InChI=1S/C16H27N3O2/c1-4-9-19-10-7-14(8-11-19)17-16(20)6-5-15-12(2)18-21-13(15)3/h14H,4-11H2,1-3H3,(H,17,20). The third-order valence-electron chi connectivity index (χ3n) is 4.28. The number of carbonyl (C=O) groups is 1. The van der Waals surface area contributed by atoms with Crippen molar-refractivity contribution in [3.05, 3.63) is 17.0 Å². The van der Waals surface area contributed by atoms with Gasteiger partial charge in [-0.2, -0.15) is 0 Å². The van der Waals surface area contributed by atoms with Gasteiger partial charge in [-0.15, -0.1) is 0 Å². The number of nitrogens with zero attached hydrogens (tertiary/aromatic N) is 2. The number of rotatable bonds is 6. The molecular formula is C16H27N3O2. The van der Waals surface area contributed by atoms with E-state index in [1.165, 1.54) is 13.0 Å². The fourth-order valence-electron chi connectivity index (χ4n) is 3.01. The number of carbonyl (C=O) groups excluding carboxylic acids is 1. The van der Waals surface area contributed by atoms with Gasteiger partial charge < -0.3 is 14.7 Å². The maximum Gasteiger partial charge on any atom is 0.220 e. The average molecular weight is 293 g/mol. The SMILES string of the molecule is CCCN1CCC(NC(=O)CCc2c(C)noc2C)CC1. The van der Waals surface area contributed by atoms with Gasteiger partial charge in [-0.1, -0.05) is 12.1 Å². The molecule has 1 aliphatic rings. The molecule has 1 saturated heterocycles. The van der Waals surface area contributed by atoms with E-state index in [-0.39, 0.29) is 5.91 Å². The lowest BCUT2D eigenvalue weighted by molar-refractivity contribution is -0.122. The molecular weight excluding hydrogens is 266 g/mol. The summed E-state index contributed by atoms with van der Waals surface area (Å²) in [6.45, 7) is 9.41. The summed E-state index contributed by atoms with van der Waals surface area (Å²) in [5, 5.41) is 7.09. The van der Waals surface area contributed by atoms with Crippen LogP contribution in [0.5, 0.6) is 0 Å². The first kappa shape index (κ1) is 16.0. The largest absolute Gasteiger partial charge is 0.361 e. The number of nitrogens with one attached hydrogen (secondary N) is 1. The molecule has 0 unspecified atom stereocenters. The van der Waals surface area contributed by atoms with E-state index in [9.17, 15) is 4.79 Å². The van der Waals surface area contributed by atoms with Crippen LogP contribution in [-0.4, -0.2) is 41.6 Å². The minimum absolute atomic E-state index is 0.143. The number of hydrogen-bond donors (Lipinski definition) is 1. The lowest BCUT2D eigenvalue weighted by atomic mass is 10.0. The number of piperidine rings is 1. The zero-order chi connectivity index (χ0) is 15.2. The highest BCUT2D eigenvalue weighted by molar-refractivity contribution is 5.76. The van der Waals surface area contributed by atoms with Crippen LogP contribution in [-0.2, 0) is 11.2 Å². The number of aromatic nitrogens is 1. The van der Waals surface area contributed by atoms with E-state index >= 15 is 0 Å². The lowest BCUT2D eigenvalue weighted by Gasteiger charge is -2.32. The van der Waals surface area contributed by atoms with Crippen LogP contribution in [0.1, 0.15) is 49.6 Å². The maximum atomic E-state index is 12.1. The van der Waals surface area contributed by atoms with Crippen LogP contribution in [0.15, 0.2) is 4.52 Å². The molecule has 5 heteroatoms. The summed E-state index contributed by atoms with van der Waals surface area (Å²) >= 11 is 0. The van der Waals surface area contributed by atoms with Crippen LogP contribution < -0.4 is 5.32 Å². The Labute approximate surface area is 127 Å². The van der Waals surface area contributed by atoms with Gasteiger partial charge in [-0.3, -0.25) is 4.79 Å². The van der Waals surface area contributed by atoms with Crippen LogP contribution in [0.3, 0.4) is 0 Å². The molecule has 21 heavy (non-hydrogen) atoms. The fraction of sp³-hybridized carbons (Fsp3) is 0.750. The smallest absolute Gasteiger partial charge is 0.220 e. The molecule has 5 nitrogen and oxygen atoms in total. The van der Waals surface area contributed by atoms with Gasteiger partial charge in [0.2, 0.25) is 5.91 Å². The summed E-state index contributed by atoms with van der Waals surface area (Å²) in [5.41, 5.74) is 1.97. The monoisotopic (exact) mass is 293 g/mol. The highest BCUT2D eigenvalue weighted by Gasteiger charge is 2.20. The van der Waals surface area contributed by atoms with Gasteiger partial charge in [0.1, 0.15) is 5.76 Å². The van der Waals surface area contributed by atoms with E-state index in [2.05, 4.69) is 22.3 Å². The second kappa shape index (κ2) is 7.59. The second-order valence-electron chi connectivity index (χ2n) is 5.99. The van der Waals surface area contributed by atoms with Crippen molar-refractivity contribution in [3.8, 4) is 0 Å². The Bertz CT molecular complexity index is 443. The number of likely N-dealkylation sites (tertiary alicyclic amines) is 1. The molecule has 2 heterocycles. The third-order valence-corrected chi connectivity index (χ3v) is 4.28. The molecule has 1 amide bonds. The highest BCUT2D eigenvalue weighted by atomic mass is 16.5. The van der Waals surface area contributed by atoms with Crippen molar-refractivity contribution < 1.29 is 9.32 Å². The van der Waals surface area contributed by atoms with Crippen LogP contribution in [0.25, 0.3) is 0 Å². The van der Waals surface area contributed by atoms with E-state index < -0.39 is 0 Å². The van der Waals surface area contributed by atoms with Crippen molar-refractivity contribution in [3.63, 3.8) is 0 Å². The summed E-state index contributed by atoms with van der Waals surface area (Å²) in [6.07, 6.45) is 4.56. The van der Waals surface area contributed by atoms with Crippen molar-refractivity contribution >= 4 is 5.91 Å². The molecule has 0 radical (unpaired) electrons. The van der Waals surface area contributed by atoms with E-state index in [0.717, 1.165) is 42.9 Å². The molecule has 0 aliphatic carbocycles. The molecule has 1 aliphatic heterocycles. The van der Waals surface area contributed by atoms with Crippen LogP contribution >= 0.6 is 0 Å². The topological polar surface area (TPSA) is 58.4 Å². The Morgan fingerprint density at radius 3 is 2.67 bits per heavy atom. The summed E-state index contributed by atoms with van der Waals surface area (Å²) in [6, 6.07) is 0.343. The number of hydrogen-bond acceptors (Lipinski definition) is 4. The molecule has 0 bridgehead atoms. The van der Waals surface area contributed by atoms with Gasteiger partial charge in [0, 0.05) is 31.1 Å². The molecule has 0 spiro atoms. The van der Waals surface area contributed by atoms with Gasteiger partial charge in [0.25, 0.3) is 0 Å². The van der Waals surface area contributed by atoms with Gasteiger partial charge in [-0.25, -0.2) is 0 Å². The van der Waals surface area contributed by atoms with E-state index in [1.54, 1.807) is 0 Å². The van der Waals surface area contributed by atoms with Crippen LogP contribution in [0, 0.1) is 13.8 Å². The Hall–Kier alpha value is -1.36. The third kappa shape index (κ3) is 4.56. The molecule has 0 aromatic carbocycles. The van der Waals surface area contributed by atoms with Crippen molar-refractivity contribution in [2.24, 2.45) is 0 Å². The molecule has 0 atom stereocenters. The number of aryl methyl sites for hydroxylation is 2. The Morgan fingerprint density at radius 1 is 1.38 bits per heavy atom. The van der Waals surface area contributed by atoms with Crippen LogP contribution in [0.2, 0.25) is 0 Å². The fourth-order valence-corrected chi connectivity index (χ4v) is 3.01. The maximum absolute atomic E-state index is 12.1.